The first-order valence-corrected chi connectivity index (χ1v) is 7.22. The fraction of sp³-hybridized carbons (Fsp3) is 0.200. The molecule has 0 saturated carbocycles. The van der Waals surface area contributed by atoms with Gasteiger partial charge in [0.05, 0.1) is 17.7 Å². The molecule has 0 saturated heterocycles. The zero-order valence-corrected chi connectivity index (χ0v) is 12.9. The van der Waals surface area contributed by atoms with E-state index in [0.29, 0.717) is 11.6 Å². The highest BCUT2D eigenvalue weighted by atomic mass is 79.9. The van der Waals surface area contributed by atoms with Crippen molar-refractivity contribution < 1.29 is 4.74 Å². The lowest BCUT2D eigenvalue weighted by molar-refractivity contribution is 0.335. The fourth-order valence-corrected chi connectivity index (χ4v) is 2.42. The van der Waals surface area contributed by atoms with Crippen LogP contribution >= 0.6 is 27.5 Å². The van der Waals surface area contributed by atoms with Gasteiger partial charge in [-0.25, -0.2) is 0 Å². The predicted molar refractivity (Wildman–Crippen MR) is 82.8 cm³/mol. The van der Waals surface area contributed by atoms with Gasteiger partial charge < -0.3 is 10.5 Å². The van der Waals surface area contributed by atoms with Crippen LogP contribution in [0.25, 0.3) is 0 Å². The van der Waals surface area contributed by atoms with E-state index in [0.717, 1.165) is 21.3 Å². The van der Waals surface area contributed by atoms with Gasteiger partial charge >= 0.3 is 0 Å². The molecule has 2 N–H and O–H groups in total. The molecule has 0 aromatic heterocycles. The third-order valence-electron chi connectivity index (χ3n) is 2.86. The first-order valence-electron chi connectivity index (χ1n) is 6.05. The zero-order chi connectivity index (χ0) is 13.8. The van der Waals surface area contributed by atoms with Crippen LogP contribution in [-0.2, 0) is 0 Å². The number of ether oxygens (including phenoxy) is 1. The molecule has 0 aliphatic carbocycles. The SMILES string of the molecule is CCOc1ccccc1C(N)c1ccc(Cl)c(Br)c1. The molecule has 0 amide bonds. The van der Waals surface area contributed by atoms with Crippen LogP contribution in [0.5, 0.6) is 5.75 Å². The molecule has 2 nitrogen and oxygen atoms in total. The second-order valence-corrected chi connectivity index (χ2v) is 5.38. The van der Waals surface area contributed by atoms with E-state index in [9.17, 15) is 0 Å². The van der Waals surface area contributed by atoms with E-state index < -0.39 is 0 Å². The number of nitrogens with two attached hydrogens (primary N) is 1. The van der Waals surface area contributed by atoms with Crippen LogP contribution in [0.4, 0.5) is 0 Å². The lowest BCUT2D eigenvalue weighted by Crippen LogP contribution is -2.13. The van der Waals surface area contributed by atoms with Crippen molar-refractivity contribution >= 4 is 27.5 Å². The van der Waals surface area contributed by atoms with Crippen molar-refractivity contribution in [3.05, 3.63) is 63.1 Å². The van der Waals surface area contributed by atoms with Crippen LogP contribution < -0.4 is 10.5 Å². The lowest BCUT2D eigenvalue weighted by Gasteiger charge is -2.17. The maximum atomic E-state index is 6.32. The summed E-state index contributed by atoms with van der Waals surface area (Å²) in [5, 5.41) is 0.675. The van der Waals surface area contributed by atoms with Crippen LogP contribution in [0.15, 0.2) is 46.9 Å². The summed E-state index contributed by atoms with van der Waals surface area (Å²) in [4.78, 5) is 0. The largest absolute Gasteiger partial charge is 0.494 e. The molecule has 2 rings (SSSR count). The predicted octanol–water partition coefficient (Wildman–Crippen LogP) is 4.55. The summed E-state index contributed by atoms with van der Waals surface area (Å²) in [6.45, 7) is 2.58. The van der Waals surface area contributed by atoms with Crippen LogP contribution in [0.3, 0.4) is 0 Å². The standard InChI is InChI=1S/C15H15BrClNO/c1-2-19-14-6-4-3-5-11(14)15(18)10-7-8-13(17)12(16)9-10/h3-9,15H,2,18H2,1H3. The molecule has 0 spiro atoms. The van der Waals surface area contributed by atoms with Gasteiger partial charge in [0, 0.05) is 10.0 Å². The molecule has 0 bridgehead atoms. The molecule has 2 aromatic carbocycles. The average Bonchev–Trinajstić information content (AvgIpc) is 2.42. The van der Waals surface area contributed by atoms with Crippen molar-refractivity contribution in [3.63, 3.8) is 0 Å². The Morgan fingerprint density at radius 1 is 1.26 bits per heavy atom. The highest BCUT2D eigenvalue weighted by molar-refractivity contribution is 9.10. The molecule has 0 aliphatic rings. The number of hydrogen-bond donors (Lipinski definition) is 1. The Morgan fingerprint density at radius 2 is 2.00 bits per heavy atom. The minimum atomic E-state index is -0.240. The first-order chi connectivity index (χ1) is 9.13. The van der Waals surface area contributed by atoms with Crippen molar-refractivity contribution in [1.82, 2.24) is 0 Å². The summed E-state index contributed by atoms with van der Waals surface area (Å²) >= 11 is 9.42. The number of hydrogen-bond acceptors (Lipinski definition) is 2. The van der Waals surface area contributed by atoms with Gasteiger partial charge in [0.1, 0.15) is 5.75 Å². The van der Waals surface area contributed by atoms with E-state index in [1.807, 2.05) is 49.4 Å². The van der Waals surface area contributed by atoms with Gasteiger partial charge in [-0.1, -0.05) is 35.9 Å². The second kappa shape index (κ2) is 6.42. The van der Waals surface area contributed by atoms with Crippen molar-refractivity contribution in [1.29, 1.82) is 0 Å². The zero-order valence-electron chi connectivity index (χ0n) is 10.6. The van der Waals surface area contributed by atoms with Crippen molar-refractivity contribution in [2.24, 2.45) is 5.73 Å². The molecule has 0 fully saturated rings. The molecule has 2 aromatic rings. The van der Waals surface area contributed by atoms with E-state index in [4.69, 9.17) is 22.1 Å². The Bertz CT molecular complexity index is 574. The summed E-state index contributed by atoms with van der Waals surface area (Å²) in [6.07, 6.45) is 0. The Morgan fingerprint density at radius 3 is 2.68 bits per heavy atom. The van der Waals surface area contributed by atoms with E-state index in [-0.39, 0.29) is 6.04 Å². The van der Waals surface area contributed by atoms with Gasteiger partial charge in [-0.05, 0) is 46.6 Å². The van der Waals surface area contributed by atoms with Crippen LogP contribution in [0, 0.1) is 0 Å². The summed E-state index contributed by atoms with van der Waals surface area (Å²) in [5.74, 6) is 0.823. The molecule has 1 atom stereocenters. The van der Waals surface area contributed by atoms with Crippen molar-refractivity contribution in [3.8, 4) is 5.75 Å². The van der Waals surface area contributed by atoms with Crippen molar-refractivity contribution in [2.45, 2.75) is 13.0 Å². The van der Waals surface area contributed by atoms with Crippen LogP contribution in [0.1, 0.15) is 24.1 Å². The number of benzene rings is 2. The summed E-state index contributed by atoms with van der Waals surface area (Å²) in [7, 11) is 0. The van der Waals surface area contributed by atoms with Gasteiger partial charge in [-0.2, -0.15) is 0 Å². The summed E-state index contributed by atoms with van der Waals surface area (Å²) in [5.41, 5.74) is 8.28. The molecule has 100 valence electrons. The minimum Gasteiger partial charge on any atom is -0.494 e. The third kappa shape index (κ3) is 3.30. The summed E-state index contributed by atoms with van der Waals surface area (Å²) < 4.78 is 6.46. The van der Waals surface area contributed by atoms with Gasteiger partial charge in [-0.3, -0.25) is 0 Å². The maximum Gasteiger partial charge on any atom is 0.124 e. The van der Waals surface area contributed by atoms with Gasteiger partial charge in [0.25, 0.3) is 0 Å². The molecule has 4 heteroatoms. The lowest BCUT2D eigenvalue weighted by atomic mass is 9.99. The Labute approximate surface area is 126 Å². The minimum absolute atomic E-state index is 0.240. The Balaban J connectivity index is 2.37. The monoisotopic (exact) mass is 339 g/mol. The highest BCUT2D eigenvalue weighted by Crippen LogP contribution is 2.31. The normalized spacial score (nSPS) is 12.2. The van der Waals surface area contributed by atoms with Crippen LogP contribution in [-0.4, -0.2) is 6.61 Å². The molecular formula is C15H15BrClNO. The van der Waals surface area contributed by atoms with E-state index in [2.05, 4.69) is 15.9 Å². The van der Waals surface area contributed by atoms with E-state index in [1.165, 1.54) is 0 Å². The van der Waals surface area contributed by atoms with E-state index in [1.54, 1.807) is 0 Å². The average molecular weight is 341 g/mol. The smallest absolute Gasteiger partial charge is 0.124 e. The maximum absolute atomic E-state index is 6.32. The molecule has 0 radical (unpaired) electrons. The molecule has 0 aliphatic heterocycles. The molecular weight excluding hydrogens is 326 g/mol. The summed E-state index contributed by atoms with van der Waals surface area (Å²) in [6, 6.07) is 13.3. The third-order valence-corrected chi connectivity index (χ3v) is 4.07. The Kier molecular flexibility index (Phi) is 4.86. The number of para-hydroxylation sites is 1. The molecule has 0 heterocycles. The van der Waals surface area contributed by atoms with Crippen LogP contribution in [0.2, 0.25) is 5.02 Å². The van der Waals surface area contributed by atoms with Gasteiger partial charge in [0.2, 0.25) is 0 Å². The second-order valence-electron chi connectivity index (χ2n) is 4.12. The molecule has 1 unspecified atom stereocenters. The fourth-order valence-electron chi connectivity index (χ4n) is 1.91. The van der Waals surface area contributed by atoms with Gasteiger partial charge in [0.15, 0.2) is 0 Å². The quantitative estimate of drug-likeness (QED) is 0.886. The number of rotatable bonds is 4. The van der Waals surface area contributed by atoms with E-state index >= 15 is 0 Å². The van der Waals surface area contributed by atoms with Gasteiger partial charge in [-0.15, -0.1) is 0 Å². The Hall–Kier alpha value is -1.03. The first kappa shape index (κ1) is 14.4. The van der Waals surface area contributed by atoms with Crippen molar-refractivity contribution in [2.75, 3.05) is 6.61 Å². The highest BCUT2D eigenvalue weighted by Gasteiger charge is 2.14. The topological polar surface area (TPSA) is 35.2 Å². The number of halogens is 2. The molecule has 19 heavy (non-hydrogen) atoms.